The molecule has 1 atom stereocenters. The second kappa shape index (κ2) is 13.8. The van der Waals surface area contributed by atoms with Crippen LogP contribution in [-0.2, 0) is 17.8 Å². The molecule has 33 heavy (non-hydrogen) atoms. The van der Waals surface area contributed by atoms with E-state index in [9.17, 15) is 4.79 Å². The number of benzene rings is 2. The number of carbonyl (C=O) groups excluding carboxylic acids is 1. The van der Waals surface area contributed by atoms with E-state index in [2.05, 4.69) is 35.0 Å². The van der Waals surface area contributed by atoms with Crippen LogP contribution in [0.3, 0.4) is 0 Å². The number of aromatic nitrogens is 2. The Balaban J connectivity index is 1.51. The summed E-state index contributed by atoms with van der Waals surface area (Å²) in [6, 6.07) is 18.1. The Morgan fingerprint density at radius 3 is 2.15 bits per heavy atom. The Morgan fingerprint density at radius 2 is 1.45 bits per heavy atom. The van der Waals surface area contributed by atoms with Gasteiger partial charge in [0.25, 0.3) is 0 Å². The Bertz CT molecular complexity index is 963. The van der Waals surface area contributed by atoms with Crippen molar-refractivity contribution < 1.29 is 4.79 Å². The molecule has 4 heteroatoms. The zero-order valence-corrected chi connectivity index (χ0v) is 20.6. The van der Waals surface area contributed by atoms with Gasteiger partial charge < -0.3 is 9.88 Å². The monoisotopic (exact) mass is 447 g/mol. The zero-order chi connectivity index (χ0) is 23.3. The van der Waals surface area contributed by atoms with Crippen LogP contribution in [-0.4, -0.2) is 15.5 Å². The standard InChI is InChI=1S/C29H41N3O/c1-3-4-5-6-7-8-9-10-11-17-22-32-27-21-16-15-20-26(27)31-29(32)24(2)30-28(33)23-25-18-13-12-14-19-25/h12-16,18-21,24H,3-11,17,22-23H2,1-2H3,(H,30,33). The summed E-state index contributed by atoms with van der Waals surface area (Å²) in [5, 5.41) is 3.16. The fourth-order valence-electron chi connectivity index (χ4n) is 4.56. The third kappa shape index (κ3) is 8.03. The van der Waals surface area contributed by atoms with Gasteiger partial charge in [-0.2, -0.15) is 0 Å². The highest BCUT2D eigenvalue weighted by Gasteiger charge is 2.18. The molecule has 0 saturated carbocycles. The molecule has 1 heterocycles. The molecule has 0 saturated heterocycles. The van der Waals surface area contributed by atoms with E-state index in [1.807, 2.05) is 43.3 Å². The Labute approximate surface area is 199 Å². The minimum Gasteiger partial charge on any atom is -0.346 e. The van der Waals surface area contributed by atoms with Crippen molar-refractivity contribution in [3.8, 4) is 0 Å². The van der Waals surface area contributed by atoms with Gasteiger partial charge in [0, 0.05) is 6.54 Å². The molecule has 0 spiro atoms. The van der Waals surface area contributed by atoms with Crippen LogP contribution >= 0.6 is 0 Å². The number of carbonyl (C=O) groups is 1. The maximum absolute atomic E-state index is 12.6. The van der Waals surface area contributed by atoms with Crippen LogP contribution in [0, 0.1) is 0 Å². The predicted molar refractivity (Wildman–Crippen MR) is 138 cm³/mol. The van der Waals surface area contributed by atoms with Crippen LogP contribution in [0.25, 0.3) is 11.0 Å². The number of amides is 1. The molecule has 1 aromatic heterocycles. The van der Waals surface area contributed by atoms with Gasteiger partial charge in [-0.15, -0.1) is 0 Å². The molecule has 0 radical (unpaired) electrons. The molecule has 0 aliphatic rings. The van der Waals surface area contributed by atoms with E-state index >= 15 is 0 Å². The average molecular weight is 448 g/mol. The number of nitrogens with one attached hydrogen (secondary N) is 1. The lowest BCUT2D eigenvalue weighted by Gasteiger charge is -2.16. The average Bonchev–Trinajstić information content (AvgIpc) is 3.19. The molecule has 1 N–H and O–H groups in total. The zero-order valence-electron chi connectivity index (χ0n) is 20.6. The molecule has 4 nitrogen and oxygen atoms in total. The molecule has 2 aromatic carbocycles. The van der Waals surface area contributed by atoms with Crippen LogP contribution in [0.15, 0.2) is 54.6 Å². The molecule has 0 aliphatic carbocycles. The summed E-state index contributed by atoms with van der Waals surface area (Å²) >= 11 is 0. The van der Waals surface area contributed by atoms with Gasteiger partial charge in [0.15, 0.2) is 0 Å². The van der Waals surface area contributed by atoms with Crippen molar-refractivity contribution in [2.75, 3.05) is 0 Å². The number of imidazole rings is 1. The molecule has 3 aromatic rings. The molecule has 3 rings (SSSR count). The molecular formula is C29H41N3O. The smallest absolute Gasteiger partial charge is 0.224 e. The lowest BCUT2D eigenvalue weighted by Crippen LogP contribution is -2.30. The summed E-state index contributed by atoms with van der Waals surface area (Å²) in [4.78, 5) is 17.5. The second-order valence-electron chi connectivity index (χ2n) is 9.24. The number of para-hydroxylation sites is 2. The molecule has 0 bridgehead atoms. The van der Waals surface area contributed by atoms with Crippen molar-refractivity contribution in [1.82, 2.24) is 14.9 Å². The molecule has 178 valence electrons. The SMILES string of the molecule is CCCCCCCCCCCCn1c(C(C)NC(=O)Cc2ccccc2)nc2ccccc21. The summed E-state index contributed by atoms with van der Waals surface area (Å²) < 4.78 is 2.31. The van der Waals surface area contributed by atoms with Crippen LogP contribution in [0.2, 0.25) is 0 Å². The molecule has 1 amide bonds. The van der Waals surface area contributed by atoms with Gasteiger partial charge >= 0.3 is 0 Å². The minimum absolute atomic E-state index is 0.0336. The molecular weight excluding hydrogens is 406 g/mol. The quantitative estimate of drug-likeness (QED) is 0.247. The molecule has 0 fully saturated rings. The Kier molecular flexibility index (Phi) is 10.5. The van der Waals surface area contributed by atoms with Gasteiger partial charge in [-0.3, -0.25) is 4.79 Å². The van der Waals surface area contributed by atoms with Crippen molar-refractivity contribution in [3.63, 3.8) is 0 Å². The largest absolute Gasteiger partial charge is 0.346 e. The van der Waals surface area contributed by atoms with Crippen molar-refractivity contribution in [1.29, 1.82) is 0 Å². The summed E-state index contributed by atoms with van der Waals surface area (Å²) in [5.41, 5.74) is 3.19. The summed E-state index contributed by atoms with van der Waals surface area (Å²) in [7, 11) is 0. The van der Waals surface area contributed by atoms with Crippen molar-refractivity contribution in [2.45, 2.75) is 97.1 Å². The highest BCUT2D eigenvalue weighted by molar-refractivity contribution is 5.79. The Morgan fingerprint density at radius 1 is 0.848 bits per heavy atom. The number of rotatable bonds is 15. The third-order valence-corrected chi connectivity index (χ3v) is 6.39. The van der Waals surface area contributed by atoms with E-state index < -0.39 is 0 Å². The maximum atomic E-state index is 12.6. The van der Waals surface area contributed by atoms with Crippen LogP contribution < -0.4 is 5.32 Å². The topological polar surface area (TPSA) is 46.9 Å². The second-order valence-corrected chi connectivity index (χ2v) is 9.24. The van der Waals surface area contributed by atoms with E-state index in [4.69, 9.17) is 4.98 Å². The number of fused-ring (bicyclic) bond motifs is 1. The first-order chi connectivity index (χ1) is 16.2. The summed E-state index contributed by atoms with van der Waals surface area (Å²) in [5.74, 6) is 0.986. The summed E-state index contributed by atoms with van der Waals surface area (Å²) in [6.45, 7) is 5.26. The van der Waals surface area contributed by atoms with Gasteiger partial charge in [-0.05, 0) is 31.0 Å². The molecule has 1 unspecified atom stereocenters. The van der Waals surface area contributed by atoms with E-state index in [1.165, 1.54) is 57.8 Å². The minimum atomic E-state index is -0.128. The van der Waals surface area contributed by atoms with E-state index in [1.54, 1.807) is 0 Å². The van der Waals surface area contributed by atoms with Crippen molar-refractivity contribution in [3.05, 3.63) is 66.0 Å². The first-order valence-corrected chi connectivity index (χ1v) is 13.0. The van der Waals surface area contributed by atoms with Crippen molar-refractivity contribution in [2.24, 2.45) is 0 Å². The highest BCUT2D eigenvalue weighted by Crippen LogP contribution is 2.22. The van der Waals surface area contributed by atoms with Gasteiger partial charge in [-0.25, -0.2) is 4.98 Å². The van der Waals surface area contributed by atoms with E-state index in [-0.39, 0.29) is 11.9 Å². The number of hydrogen-bond acceptors (Lipinski definition) is 2. The van der Waals surface area contributed by atoms with Gasteiger partial charge in [-0.1, -0.05) is 107 Å². The third-order valence-electron chi connectivity index (χ3n) is 6.39. The maximum Gasteiger partial charge on any atom is 0.224 e. The predicted octanol–water partition coefficient (Wildman–Crippen LogP) is 7.38. The van der Waals surface area contributed by atoms with Crippen LogP contribution in [0.4, 0.5) is 0 Å². The van der Waals surface area contributed by atoms with Crippen molar-refractivity contribution >= 4 is 16.9 Å². The Hall–Kier alpha value is -2.62. The fourth-order valence-corrected chi connectivity index (χ4v) is 4.56. The molecule has 0 aliphatic heterocycles. The number of aryl methyl sites for hydroxylation is 1. The fraction of sp³-hybridized carbons (Fsp3) is 0.517. The van der Waals surface area contributed by atoms with Gasteiger partial charge in [0.2, 0.25) is 5.91 Å². The normalized spacial score (nSPS) is 12.2. The summed E-state index contributed by atoms with van der Waals surface area (Å²) in [6.07, 6.45) is 13.7. The van der Waals surface area contributed by atoms with Crippen LogP contribution in [0.1, 0.15) is 95.5 Å². The van der Waals surface area contributed by atoms with E-state index in [0.29, 0.717) is 6.42 Å². The van der Waals surface area contributed by atoms with Gasteiger partial charge in [0.1, 0.15) is 5.82 Å². The lowest BCUT2D eigenvalue weighted by molar-refractivity contribution is -0.121. The number of unbranched alkanes of at least 4 members (excludes halogenated alkanes) is 9. The van der Waals surface area contributed by atoms with Gasteiger partial charge in [0.05, 0.1) is 23.5 Å². The number of nitrogens with zero attached hydrogens (tertiary/aromatic N) is 2. The first-order valence-electron chi connectivity index (χ1n) is 13.0. The highest BCUT2D eigenvalue weighted by atomic mass is 16.1. The number of hydrogen-bond donors (Lipinski definition) is 1. The van der Waals surface area contributed by atoms with E-state index in [0.717, 1.165) is 35.4 Å². The van der Waals surface area contributed by atoms with Crippen LogP contribution in [0.5, 0.6) is 0 Å². The lowest BCUT2D eigenvalue weighted by atomic mass is 10.1. The first kappa shape index (κ1) is 25.0.